The Labute approximate surface area is 150 Å². The number of hydrogen-bond acceptors (Lipinski definition) is 5. The number of nitrogens with zero attached hydrogens (tertiary/aromatic N) is 3. The molecule has 0 aliphatic carbocycles. The smallest absolute Gasteiger partial charge is 0.243 e. The van der Waals surface area contributed by atoms with Gasteiger partial charge in [0.15, 0.2) is 0 Å². The Morgan fingerprint density at radius 3 is 2.71 bits per heavy atom. The summed E-state index contributed by atoms with van der Waals surface area (Å²) in [5, 5.41) is 3.30. The van der Waals surface area contributed by atoms with Crippen molar-refractivity contribution in [1.82, 2.24) is 14.3 Å². The minimum Gasteiger partial charge on any atom is -0.365 e. The number of aryl methyl sites for hydroxylation is 1. The molecule has 8 heteroatoms. The zero-order chi connectivity index (χ0) is 17.2. The molecule has 1 N–H and O–H groups in total. The first-order chi connectivity index (χ1) is 11.4. The number of nitrogens with one attached hydrogen (secondary N) is 1. The van der Waals surface area contributed by atoms with Crippen molar-refractivity contribution in [2.24, 2.45) is 0 Å². The van der Waals surface area contributed by atoms with Gasteiger partial charge in [0.1, 0.15) is 5.82 Å². The van der Waals surface area contributed by atoms with Crippen LogP contribution in [-0.4, -0.2) is 41.8 Å². The first-order valence-corrected chi connectivity index (χ1v) is 9.99. The summed E-state index contributed by atoms with van der Waals surface area (Å²) in [6.07, 6.45) is 5.07. The summed E-state index contributed by atoms with van der Waals surface area (Å²) in [7, 11) is -3.48. The van der Waals surface area contributed by atoms with Crippen LogP contribution in [-0.2, 0) is 10.0 Å². The Hall–Kier alpha value is -1.51. The van der Waals surface area contributed by atoms with Gasteiger partial charge >= 0.3 is 0 Å². The molecule has 2 heterocycles. The van der Waals surface area contributed by atoms with Gasteiger partial charge in [0.25, 0.3) is 0 Å². The largest absolute Gasteiger partial charge is 0.365 e. The molecule has 1 aromatic carbocycles. The van der Waals surface area contributed by atoms with E-state index in [1.807, 2.05) is 6.92 Å². The van der Waals surface area contributed by atoms with Crippen molar-refractivity contribution in [2.45, 2.75) is 30.7 Å². The van der Waals surface area contributed by atoms with Crippen LogP contribution in [0.2, 0.25) is 0 Å². The van der Waals surface area contributed by atoms with Crippen LogP contribution < -0.4 is 5.32 Å². The van der Waals surface area contributed by atoms with E-state index < -0.39 is 10.0 Å². The standard InChI is InChI=1S/C16H19BrN4O2S/c1-12-9-18-10-16(19-12)20-14-3-2-8-21(11-14)24(22,23)15-6-4-13(17)5-7-15/h4-7,9-10,14H,2-3,8,11H2,1H3,(H,19,20). The van der Waals surface area contributed by atoms with E-state index in [9.17, 15) is 8.42 Å². The summed E-state index contributed by atoms with van der Waals surface area (Å²) < 4.78 is 28.0. The van der Waals surface area contributed by atoms with Crippen LogP contribution >= 0.6 is 15.9 Å². The zero-order valence-electron chi connectivity index (χ0n) is 13.3. The number of sulfonamides is 1. The molecule has 1 aromatic heterocycles. The van der Waals surface area contributed by atoms with Gasteiger partial charge in [0.2, 0.25) is 10.0 Å². The molecule has 1 atom stereocenters. The first-order valence-electron chi connectivity index (χ1n) is 7.76. The summed E-state index contributed by atoms with van der Waals surface area (Å²) >= 11 is 3.33. The van der Waals surface area contributed by atoms with E-state index in [0.29, 0.717) is 23.8 Å². The molecule has 1 unspecified atom stereocenters. The second-order valence-electron chi connectivity index (χ2n) is 5.85. The predicted octanol–water partition coefficient (Wildman–Crippen LogP) is 2.81. The van der Waals surface area contributed by atoms with Gasteiger partial charge in [-0.15, -0.1) is 0 Å². The zero-order valence-corrected chi connectivity index (χ0v) is 15.7. The van der Waals surface area contributed by atoms with Gasteiger partial charge in [-0.3, -0.25) is 4.98 Å². The predicted molar refractivity (Wildman–Crippen MR) is 96.3 cm³/mol. The lowest BCUT2D eigenvalue weighted by atomic mass is 10.1. The molecule has 2 aromatic rings. The summed E-state index contributed by atoms with van der Waals surface area (Å²) in [5.41, 5.74) is 0.829. The van der Waals surface area contributed by atoms with Gasteiger partial charge in [-0.25, -0.2) is 13.4 Å². The molecule has 0 bridgehead atoms. The van der Waals surface area contributed by atoms with Crippen LogP contribution in [0.3, 0.4) is 0 Å². The Balaban J connectivity index is 1.74. The molecule has 6 nitrogen and oxygen atoms in total. The SMILES string of the molecule is Cc1cncc(NC2CCCN(S(=O)(=O)c3ccc(Br)cc3)C2)n1. The monoisotopic (exact) mass is 410 g/mol. The van der Waals surface area contributed by atoms with E-state index in [4.69, 9.17) is 0 Å². The fourth-order valence-electron chi connectivity index (χ4n) is 2.78. The molecule has 1 aliphatic rings. The highest BCUT2D eigenvalue weighted by Crippen LogP contribution is 2.23. The number of benzene rings is 1. The molecule has 1 saturated heterocycles. The minimum atomic E-state index is -3.48. The van der Waals surface area contributed by atoms with E-state index >= 15 is 0 Å². The lowest BCUT2D eigenvalue weighted by molar-refractivity contribution is 0.326. The van der Waals surface area contributed by atoms with Crippen molar-refractivity contribution >= 4 is 31.8 Å². The number of hydrogen-bond donors (Lipinski definition) is 1. The molecule has 1 aliphatic heterocycles. The molecule has 0 spiro atoms. The van der Waals surface area contributed by atoms with Crippen LogP contribution in [0.5, 0.6) is 0 Å². The Morgan fingerprint density at radius 2 is 2.00 bits per heavy atom. The molecule has 0 amide bonds. The highest BCUT2D eigenvalue weighted by atomic mass is 79.9. The van der Waals surface area contributed by atoms with Gasteiger partial charge in [-0.1, -0.05) is 15.9 Å². The van der Waals surface area contributed by atoms with E-state index in [1.54, 1.807) is 41.0 Å². The van der Waals surface area contributed by atoms with Crippen molar-refractivity contribution in [3.63, 3.8) is 0 Å². The number of aromatic nitrogens is 2. The highest BCUT2D eigenvalue weighted by Gasteiger charge is 2.30. The third-order valence-electron chi connectivity index (χ3n) is 3.94. The van der Waals surface area contributed by atoms with Gasteiger partial charge in [-0.05, 0) is 44.0 Å². The van der Waals surface area contributed by atoms with Crippen molar-refractivity contribution in [3.8, 4) is 0 Å². The highest BCUT2D eigenvalue weighted by molar-refractivity contribution is 9.10. The van der Waals surface area contributed by atoms with Gasteiger partial charge in [0.05, 0.1) is 16.8 Å². The van der Waals surface area contributed by atoms with Crippen molar-refractivity contribution < 1.29 is 8.42 Å². The van der Waals surface area contributed by atoms with Crippen LogP contribution in [0, 0.1) is 6.92 Å². The summed E-state index contributed by atoms with van der Waals surface area (Å²) in [5.74, 6) is 0.683. The quantitative estimate of drug-likeness (QED) is 0.838. The summed E-state index contributed by atoms with van der Waals surface area (Å²) in [6, 6.07) is 6.77. The fraction of sp³-hybridized carbons (Fsp3) is 0.375. The average molecular weight is 411 g/mol. The third-order valence-corrected chi connectivity index (χ3v) is 6.35. The number of rotatable bonds is 4. The average Bonchev–Trinajstić information content (AvgIpc) is 2.55. The van der Waals surface area contributed by atoms with Crippen molar-refractivity contribution in [2.75, 3.05) is 18.4 Å². The maximum absolute atomic E-state index is 12.8. The topological polar surface area (TPSA) is 75.2 Å². The lowest BCUT2D eigenvalue weighted by Gasteiger charge is -2.32. The van der Waals surface area contributed by atoms with Crippen LogP contribution in [0.15, 0.2) is 46.0 Å². The third kappa shape index (κ3) is 3.93. The van der Waals surface area contributed by atoms with Crippen LogP contribution in [0.25, 0.3) is 0 Å². The Morgan fingerprint density at radius 1 is 1.25 bits per heavy atom. The van der Waals surface area contributed by atoms with Gasteiger partial charge < -0.3 is 5.32 Å². The molecule has 128 valence electrons. The maximum atomic E-state index is 12.8. The van der Waals surface area contributed by atoms with Crippen molar-refractivity contribution in [3.05, 3.63) is 46.8 Å². The lowest BCUT2D eigenvalue weighted by Crippen LogP contribution is -2.45. The summed E-state index contributed by atoms with van der Waals surface area (Å²) in [4.78, 5) is 8.81. The summed E-state index contributed by atoms with van der Waals surface area (Å²) in [6.45, 7) is 2.84. The van der Waals surface area contributed by atoms with Gasteiger partial charge in [0, 0.05) is 29.8 Å². The maximum Gasteiger partial charge on any atom is 0.243 e. The van der Waals surface area contributed by atoms with E-state index in [1.165, 1.54) is 0 Å². The molecule has 0 saturated carbocycles. The van der Waals surface area contributed by atoms with E-state index in [-0.39, 0.29) is 6.04 Å². The second kappa shape index (κ2) is 7.16. The van der Waals surface area contributed by atoms with Crippen molar-refractivity contribution in [1.29, 1.82) is 0 Å². The van der Waals surface area contributed by atoms with E-state index in [2.05, 4.69) is 31.2 Å². The first kappa shape index (κ1) is 17.3. The molecular formula is C16H19BrN4O2S. The normalized spacial score (nSPS) is 19.2. The number of anilines is 1. The molecule has 3 rings (SSSR count). The Bertz CT molecular complexity index is 811. The molecule has 0 radical (unpaired) electrons. The number of halogens is 1. The number of piperidine rings is 1. The minimum absolute atomic E-state index is 0.0278. The van der Waals surface area contributed by atoms with Crippen LogP contribution in [0.4, 0.5) is 5.82 Å². The second-order valence-corrected chi connectivity index (χ2v) is 8.70. The fourth-order valence-corrected chi connectivity index (χ4v) is 4.56. The van der Waals surface area contributed by atoms with E-state index in [0.717, 1.165) is 23.0 Å². The molecule has 24 heavy (non-hydrogen) atoms. The molecule has 1 fully saturated rings. The van der Waals surface area contributed by atoms with Gasteiger partial charge in [-0.2, -0.15) is 4.31 Å². The molecular weight excluding hydrogens is 392 g/mol. The Kier molecular flexibility index (Phi) is 5.17. The van der Waals surface area contributed by atoms with Crippen LogP contribution in [0.1, 0.15) is 18.5 Å².